The molecule has 0 aliphatic carbocycles. The van der Waals surface area contributed by atoms with Gasteiger partial charge in [0, 0.05) is 0 Å². The quantitative estimate of drug-likeness (QED) is 0.735. The van der Waals surface area contributed by atoms with E-state index in [-0.39, 0.29) is 13.2 Å². The minimum Gasteiger partial charge on any atom is -0.481 e. The Hall–Kier alpha value is -1.92. The lowest BCUT2D eigenvalue weighted by molar-refractivity contribution is -0.149. The molecule has 20 heavy (non-hydrogen) atoms. The average Bonchev–Trinajstić information content (AvgIpc) is 2.81. The maximum atomic E-state index is 12.1. The van der Waals surface area contributed by atoms with Crippen molar-refractivity contribution in [2.24, 2.45) is 11.1 Å². The van der Waals surface area contributed by atoms with Crippen molar-refractivity contribution in [3.8, 4) is 0 Å². The number of aliphatic carboxylic acids is 1. The van der Waals surface area contributed by atoms with Gasteiger partial charge in [0.15, 0.2) is 0 Å². The minimum absolute atomic E-state index is 0.0772. The fourth-order valence-electron chi connectivity index (χ4n) is 2.16. The standard InChI is InChI=1S/C14H18N2O4/c1-14(13(18)19)8-20-7-10(14)16-12(17)11(15)9-5-3-2-4-6-9/h2-6,10-11H,7-8,15H2,1H3,(H,16,17)(H,18,19). The summed E-state index contributed by atoms with van der Waals surface area (Å²) < 4.78 is 5.18. The van der Waals surface area contributed by atoms with Crippen molar-refractivity contribution in [1.29, 1.82) is 0 Å². The van der Waals surface area contributed by atoms with E-state index in [1.807, 2.05) is 6.07 Å². The number of carboxylic acids is 1. The van der Waals surface area contributed by atoms with E-state index in [0.717, 1.165) is 0 Å². The fourth-order valence-corrected chi connectivity index (χ4v) is 2.16. The second kappa shape index (κ2) is 5.60. The molecular weight excluding hydrogens is 260 g/mol. The van der Waals surface area contributed by atoms with Crippen LogP contribution in [0.2, 0.25) is 0 Å². The van der Waals surface area contributed by atoms with Gasteiger partial charge in [-0.1, -0.05) is 30.3 Å². The van der Waals surface area contributed by atoms with Crippen molar-refractivity contribution < 1.29 is 19.4 Å². The van der Waals surface area contributed by atoms with E-state index in [0.29, 0.717) is 5.56 Å². The van der Waals surface area contributed by atoms with Crippen LogP contribution in [0.1, 0.15) is 18.5 Å². The Balaban J connectivity index is 2.06. The SMILES string of the molecule is CC1(C(=O)O)COCC1NC(=O)C(N)c1ccccc1. The first-order valence-electron chi connectivity index (χ1n) is 6.37. The number of amides is 1. The summed E-state index contributed by atoms with van der Waals surface area (Å²) in [5.74, 6) is -1.40. The zero-order valence-corrected chi connectivity index (χ0v) is 11.2. The Labute approximate surface area is 116 Å². The summed E-state index contributed by atoms with van der Waals surface area (Å²) in [6.07, 6.45) is 0. The lowest BCUT2D eigenvalue weighted by Crippen LogP contribution is -2.51. The number of carboxylic acid groups (broad SMARTS) is 1. The molecule has 1 aliphatic rings. The summed E-state index contributed by atoms with van der Waals surface area (Å²) in [4.78, 5) is 23.4. The number of hydrogen-bond donors (Lipinski definition) is 3. The number of carbonyl (C=O) groups is 2. The highest BCUT2D eigenvalue weighted by Crippen LogP contribution is 2.29. The second-order valence-electron chi connectivity index (χ2n) is 5.19. The summed E-state index contributed by atoms with van der Waals surface area (Å²) in [5, 5.41) is 11.9. The average molecular weight is 278 g/mol. The highest BCUT2D eigenvalue weighted by molar-refractivity contribution is 5.84. The van der Waals surface area contributed by atoms with E-state index in [1.165, 1.54) is 0 Å². The van der Waals surface area contributed by atoms with E-state index >= 15 is 0 Å². The molecule has 3 unspecified atom stereocenters. The third kappa shape index (κ3) is 2.66. The van der Waals surface area contributed by atoms with Gasteiger partial charge in [0.2, 0.25) is 5.91 Å². The number of carbonyl (C=O) groups excluding carboxylic acids is 1. The lowest BCUT2D eigenvalue weighted by atomic mass is 9.85. The molecule has 0 spiro atoms. The number of ether oxygens (including phenoxy) is 1. The van der Waals surface area contributed by atoms with Crippen LogP contribution in [0.3, 0.4) is 0 Å². The van der Waals surface area contributed by atoms with Crippen LogP contribution in [-0.2, 0) is 14.3 Å². The van der Waals surface area contributed by atoms with E-state index in [1.54, 1.807) is 31.2 Å². The molecule has 4 N–H and O–H groups in total. The van der Waals surface area contributed by atoms with Gasteiger partial charge in [-0.3, -0.25) is 9.59 Å². The monoisotopic (exact) mass is 278 g/mol. The van der Waals surface area contributed by atoms with Crippen LogP contribution in [0, 0.1) is 5.41 Å². The van der Waals surface area contributed by atoms with Gasteiger partial charge >= 0.3 is 5.97 Å². The number of hydrogen-bond acceptors (Lipinski definition) is 4. The zero-order valence-electron chi connectivity index (χ0n) is 11.2. The van der Waals surface area contributed by atoms with Crippen molar-refractivity contribution in [2.45, 2.75) is 19.0 Å². The summed E-state index contributed by atoms with van der Waals surface area (Å²) in [5.41, 5.74) is 5.44. The smallest absolute Gasteiger partial charge is 0.313 e. The third-order valence-electron chi connectivity index (χ3n) is 3.70. The summed E-state index contributed by atoms with van der Waals surface area (Å²) in [6, 6.07) is 7.53. The maximum Gasteiger partial charge on any atom is 0.313 e. The molecular formula is C14H18N2O4. The van der Waals surface area contributed by atoms with Gasteiger partial charge in [-0.15, -0.1) is 0 Å². The molecule has 1 fully saturated rings. The maximum absolute atomic E-state index is 12.1. The lowest BCUT2D eigenvalue weighted by Gasteiger charge is -2.26. The van der Waals surface area contributed by atoms with Crippen molar-refractivity contribution in [1.82, 2.24) is 5.32 Å². The van der Waals surface area contributed by atoms with Gasteiger partial charge in [0.05, 0.1) is 19.3 Å². The van der Waals surface area contributed by atoms with E-state index in [2.05, 4.69) is 5.32 Å². The highest BCUT2D eigenvalue weighted by Gasteiger charge is 2.47. The summed E-state index contributed by atoms with van der Waals surface area (Å²) in [6.45, 7) is 1.81. The molecule has 1 amide bonds. The normalized spacial score (nSPS) is 27.0. The molecule has 1 heterocycles. The van der Waals surface area contributed by atoms with Crippen LogP contribution in [0.25, 0.3) is 0 Å². The molecule has 108 valence electrons. The van der Waals surface area contributed by atoms with Gasteiger partial charge in [-0.2, -0.15) is 0 Å². The molecule has 0 bridgehead atoms. The second-order valence-corrected chi connectivity index (χ2v) is 5.19. The Kier molecular flexibility index (Phi) is 4.06. The van der Waals surface area contributed by atoms with Crippen molar-refractivity contribution in [3.05, 3.63) is 35.9 Å². The van der Waals surface area contributed by atoms with Crippen molar-refractivity contribution in [3.63, 3.8) is 0 Å². The van der Waals surface area contributed by atoms with Crippen LogP contribution in [0.15, 0.2) is 30.3 Å². The molecule has 1 aromatic rings. The number of benzene rings is 1. The van der Waals surface area contributed by atoms with Gasteiger partial charge in [0.1, 0.15) is 11.5 Å². The molecule has 1 aromatic carbocycles. The first kappa shape index (κ1) is 14.5. The van der Waals surface area contributed by atoms with Crippen molar-refractivity contribution >= 4 is 11.9 Å². The zero-order chi connectivity index (χ0) is 14.8. The van der Waals surface area contributed by atoms with Gasteiger partial charge in [-0.25, -0.2) is 0 Å². The van der Waals surface area contributed by atoms with Crippen LogP contribution in [0.4, 0.5) is 0 Å². The largest absolute Gasteiger partial charge is 0.481 e. The molecule has 3 atom stereocenters. The topological polar surface area (TPSA) is 102 Å². The molecule has 2 rings (SSSR count). The molecule has 0 radical (unpaired) electrons. The van der Waals surface area contributed by atoms with Crippen LogP contribution in [-0.4, -0.2) is 36.2 Å². The molecule has 0 aromatic heterocycles. The number of nitrogens with two attached hydrogens (primary N) is 1. The van der Waals surface area contributed by atoms with Gasteiger partial charge < -0.3 is 20.9 Å². The number of rotatable bonds is 4. The summed E-state index contributed by atoms with van der Waals surface area (Å²) in [7, 11) is 0. The van der Waals surface area contributed by atoms with Crippen LogP contribution in [0.5, 0.6) is 0 Å². The van der Waals surface area contributed by atoms with Crippen LogP contribution >= 0.6 is 0 Å². The predicted molar refractivity (Wildman–Crippen MR) is 71.9 cm³/mol. The van der Waals surface area contributed by atoms with Gasteiger partial charge in [0.25, 0.3) is 0 Å². The predicted octanol–water partition coefficient (Wildman–Crippen LogP) is 0.292. The molecule has 6 nitrogen and oxygen atoms in total. The third-order valence-corrected chi connectivity index (χ3v) is 3.70. The van der Waals surface area contributed by atoms with Gasteiger partial charge in [-0.05, 0) is 12.5 Å². The fraction of sp³-hybridized carbons (Fsp3) is 0.429. The molecule has 6 heteroatoms. The Morgan fingerprint density at radius 1 is 1.45 bits per heavy atom. The van der Waals surface area contributed by atoms with Crippen LogP contribution < -0.4 is 11.1 Å². The first-order chi connectivity index (χ1) is 9.45. The Morgan fingerprint density at radius 2 is 2.10 bits per heavy atom. The molecule has 1 saturated heterocycles. The van der Waals surface area contributed by atoms with E-state index < -0.39 is 29.4 Å². The summed E-state index contributed by atoms with van der Waals surface area (Å²) >= 11 is 0. The molecule has 1 aliphatic heterocycles. The van der Waals surface area contributed by atoms with E-state index in [4.69, 9.17) is 10.5 Å². The highest BCUT2D eigenvalue weighted by atomic mass is 16.5. The van der Waals surface area contributed by atoms with E-state index in [9.17, 15) is 14.7 Å². The Morgan fingerprint density at radius 3 is 2.70 bits per heavy atom. The first-order valence-corrected chi connectivity index (χ1v) is 6.37. The molecule has 0 saturated carbocycles. The Bertz CT molecular complexity index is 505. The minimum atomic E-state index is -1.12. The number of nitrogens with one attached hydrogen (secondary N) is 1. The van der Waals surface area contributed by atoms with Crippen molar-refractivity contribution in [2.75, 3.05) is 13.2 Å².